The second-order valence-electron chi connectivity index (χ2n) is 3.75. The largest absolute Gasteiger partial charge is 0.382 e. The molecule has 0 amide bonds. The van der Waals surface area contributed by atoms with Crippen LogP contribution in [0, 0.1) is 13.8 Å². The van der Waals surface area contributed by atoms with E-state index in [1.807, 2.05) is 6.07 Å². The highest BCUT2D eigenvalue weighted by molar-refractivity contribution is 5.57. The molecule has 4 heteroatoms. The molecule has 0 atom stereocenters. The highest BCUT2D eigenvalue weighted by Gasteiger charge is 1.98. The predicted molar refractivity (Wildman–Crippen MR) is 65.6 cm³/mol. The average molecular weight is 214 g/mol. The maximum absolute atomic E-state index is 5.46. The van der Waals surface area contributed by atoms with Crippen molar-refractivity contribution in [3.05, 3.63) is 41.7 Å². The van der Waals surface area contributed by atoms with Crippen LogP contribution in [0.2, 0.25) is 0 Å². The molecule has 82 valence electrons. The van der Waals surface area contributed by atoms with Crippen molar-refractivity contribution in [3.63, 3.8) is 0 Å². The van der Waals surface area contributed by atoms with E-state index >= 15 is 0 Å². The third kappa shape index (κ3) is 2.28. The van der Waals surface area contributed by atoms with Gasteiger partial charge >= 0.3 is 0 Å². The second-order valence-corrected chi connectivity index (χ2v) is 3.75. The zero-order valence-corrected chi connectivity index (χ0v) is 9.36. The molecule has 0 saturated carbocycles. The number of nitrogens with one attached hydrogen (secondary N) is 1. The Bertz CT molecular complexity index is 491. The van der Waals surface area contributed by atoms with Crippen molar-refractivity contribution in [2.45, 2.75) is 13.8 Å². The fourth-order valence-electron chi connectivity index (χ4n) is 1.37. The lowest BCUT2D eigenvalue weighted by atomic mass is 10.1. The van der Waals surface area contributed by atoms with E-state index in [9.17, 15) is 0 Å². The van der Waals surface area contributed by atoms with E-state index in [1.54, 1.807) is 6.20 Å². The van der Waals surface area contributed by atoms with E-state index < -0.39 is 0 Å². The molecule has 0 aliphatic heterocycles. The van der Waals surface area contributed by atoms with E-state index in [1.165, 1.54) is 17.3 Å². The summed E-state index contributed by atoms with van der Waals surface area (Å²) >= 11 is 0. The molecule has 0 aliphatic rings. The Balaban J connectivity index is 2.20. The number of aromatic nitrogens is 2. The Morgan fingerprint density at radius 2 is 1.88 bits per heavy atom. The lowest BCUT2D eigenvalue weighted by molar-refractivity contribution is 1.20. The molecular formula is C12H14N4. The van der Waals surface area contributed by atoms with E-state index in [0.717, 1.165) is 5.69 Å². The summed E-state index contributed by atoms with van der Waals surface area (Å²) in [7, 11) is 0. The number of hydrogen-bond donors (Lipinski definition) is 2. The minimum absolute atomic E-state index is 0.422. The van der Waals surface area contributed by atoms with E-state index in [2.05, 4.69) is 41.3 Å². The molecule has 1 heterocycles. The van der Waals surface area contributed by atoms with Gasteiger partial charge in [-0.3, -0.25) is 0 Å². The maximum atomic E-state index is 5.46. The van der Waals surface area contributed by atoms with Crippen LogP contribution in [0.15, 0.2) is 30.6 Å². The monoisotopic (exact) mass is 214 g/mol. The Morgan fingerprint density at radius 1 is 1.06 bits per heavy atom. The molecular weight excluding hydrogens is 200 g/mol. The number of hydrogen-bond acceptors (Lipinski definition) is 4. The van der Waals surface area contributed by atoms with Crippen molar-refractivity contribution in [1.82, 2.24) is 9.97 Å². The number of aryl methyl sites for hydroxylation is 2. The number of nitrogen functional groups attached to an aromatic ring is 1. The normalized spacial score (nSPS) is 10.1. The third-order valence-corrected chi connectivity index (χ3v) is 2.45. The van der Waals surface area contributed by atoms with Gasteiger partial charge in [-0.1, -0.05) is 6.07 Å². The molecule has 1 aromatic carbocycles. The molecule has 16 heavy (non-hydrogen) atoms. The molecule has 0 saturated heterocycles. The van der Waals surface area contributed by atoms with Gasteiger partial charge in [-0.15, -0.1) is 0 Å². The molecule has 0 aliphatic carbocycles. The lowest BCUT2D eigenvalue weighted by Gasteiger charge is -2.07. The van der Waals surface area contributed by atoms with Gasteiger partial charge in [-0.2, -0.15) is 0 Å². The quantitative estimate of drug-likeness (QED) is 0.805. The summed E-state index contributed by atoms with van der Waals surface area (Å²) in [6.07, 6.45) is 3.15. The summed E-state index contributed by atoms with van der Waals surface area (Å²) in [6.45, 7) is 4.16. The first-order chi connectivity index (χ1) is 7.65. The third-order valence-electron chi connectivity index (χ3n) is 2.45. The Hall–Kier alpha value is -2.10. The van der Waals surface area contributed by atoms with E-state index in [0.29, 0.717) is 11.6 Å². The average Bonchev–Trinajstić information content (AvgIpc) is 2.27. The smallest absolute Gasteiger partial charge is 0.149 e. The standard InChI is InChI=1S/C12H14N4/c1-8-3-4-10(5-9(8)2)16-12-7-14-11(13)6-15-12/h3-7H,1-2H3,(H2,13,14)(H,15,16). The molecule has 0 bridgehead atoms. The topological polar surface area (TPSA) is 63.8 Å². The van der Waals surface area contributed by atoms with Crippen LogP contribution in [0.5, 0.6) is 0 Å². The highest BCUT2D eigenvalue weighted by atomic mass is 15.0. The van der Waals surface area contributed by atoms with Crippen molar-refractivity contribution in [3.8, 4) is 0 Å². The van der Waals surface area contributed by atoms with Crippen molar-refractivity contribution in [1.29, 1.82) is 0 Å². The van der Waals surface area contributed by atoms with Gasteiger partial charge in [0.1, 0.15) is 11.6 Å². The van der Waals surface area contributed by atoms with Gasteiger partial charge in [0.25, 0.3) is 0 Å². The fourth-order valence-corrected chi connectivity index (χ4v) is 1.37. The number of rotatable bonds is 2. The van der Waals surface area contributed by atoms with Gasteiger partial charge in [0.15, 0.2) is 0 Å². The summed E-state index contributed by atoms with van der Waals surface area (Å²) < 4.78 is 0. The van der Waals surface area contributed by atoms with E-state index in [4.69, 9.17) is 5.73 Å². The van der Waals surface area contributed by atoms with Gasteiger partial charge in [0.05, 0.1) is 12.4 Å². The Kier molecular flexibility index (Phi) is 2.72. The van der Waals surface area contributed by atoms with Crippen LogP contribution >= 0.6 is 0 Å². The van der Waals surface area contributed by atoms with Gasteiger partial charge in [0.2, 0.25) is 0 Å². The van der Waals surface area contributed by atoms with Crippen molar-refractivity contribution < 1.29 is 0 Å². The summed E-state index contributed by atoms with van der Waals surface area (Å²) in [6, 6.07) is 6.16. The first kappa shape index (κ1) is 10.4. The number of anilines is 3. The molecule has 0 spiro atoms. The van der Waals surface area contributed by atoms with Crippen LogP contribution in [0.4, 0.5) is 17.3 Å². The number of benzene rings is 1. The molecule has 3 N–H and O–H groups in total. The molecule has 4 nitrogen and oxygen atoms in total. The molecule has 0 fully saturated rings. The minimum atomic E-state index is 0.422. The van der Waals surface area contributed by atoms with Gasteiger partial charge in [-0.25, -0.2) is 9.97 Å². The summed E-state index contributed by atoms with van der Waals surface area (Å²) in [4.78, 5) is 8.10. The van der Waals surface area contributed by atoms with Crippen molar-refractivity contribution in [2.24, 2.45) is 0 Å². The molecule has 2 aromatic rings. The van der Waals surface area contributed by atoms with Crippen LogP contribution in [0.3, 0.4) is 0 Å². The Labute approximate surface area is 94.5 Å². The van der Waals surface area contributed by atoms with Crippen LogP contribution in [0.25, 0.3) is 0 Å². The summed E-state index contributed by atoms with van der Waals surface area (Å²) in [5.74, 6) is 1.11. The molecule has 0 unspecified atom stereocenters. The zero-order chi connectivity index (χ0) is 11.5. The van der Waals surface area contributed by atoms with Crippen LogP contribution < -0.4 is 11.1 Å². The molecule has 1 aromatic heterocycles. The maximum Gasteiger partial charge on any atom is 0.149 e. The zero-order valence-electron chi connectivity index (χ0n) is 9.36. The van der Waals surface area contributed by atoms with Crippen LogP contribution in [-0.2, 0) is 0 Å². The van der Waals surface area contributed by atoms with Crippen LogP contribution in [0.1, 0.15) is 11.1 Å². The summed E-state index contributed by atoms with van der Waals surface area (Å²) in [5.41, 5.74) is 8.98. The number of nitrogens with two attached hydrogens (primary N) is 1. The predicted octanol–water partition coefficient (Wildman–Crippen LogP) is 2.42. The van der Waals surface area contributed by atoms with Crippen molar-refractivity contribution >= 4 is 17.3 Å². The second kappa shape index (κ2) is 4.18. The highest BCUT2D eigenvalue weighted by Crippen LogP contribution is 2.17. The van der Waals surface area contributed by atoms with Gasteiger partial charge < -0.3 is 11.1 Å². The fraction of sp³-hybridized carbons (Fsp3) is 0.167. The first-order valence-corrected chi connectivity index (χ1v) is 5.07. The minimum Gasteiger partial charge on any atom is -0.382 e. The van der Waals surface area contributed by atoms with Crippen molar-refractivity contribution in [2.75, 3.05) is 11.1 Å². The van der Waals surface area contributed by atoms with Crippen LogP contribution in [-0.4, -0.2) is 9.97 Å². The first-order valence-electron chi connectivity index (χ1n) is 5.07. The van der Waals surface area contributed by atoms with Gasteiger partial charge in [-0.05, 0) is 37.1 Å². The number of nitrogens with zero attached hydrogens (tertiary/aromatic N) is 2. The lowest BCUT2D eigenvalue weighted by Crippen LogP contribution is -1.97. The SMILES string of the molecule is Cc1ccc(Nc2cnc(N)cn2)cc1C. The molecule has 0 radical (unpaired) electrons. The van der Waals surface area contributed by atoms with E-state index in [-0.39, 0.29) is 0 Å². The summed E-state index contributed by atoms with van der Waals surface area (Å²) in [5, 5.41) is 3.17. The Morgan fingerprint density at radius 3 is 2.50 bits per heavy atom. The van der Waals surface area contributed by atoms with Gasteiger partial charge in [0, 0.05) is 5.69 Å². The molecule has 2 rings (SSSR count).